The van der Waals surface area contributed by atoms with Gasteiger partial charge in [-0.1, -0.05) is 66.2 Å². The van der Waals surface area contributed by atoms with Crippen LogP contribution in [0.4, 0.5) is 0 Å². The molecule has 76 heavy (non-hydrogen) atoms. The third kappa shape index (κ3) is 9.25. The molecule has 0 aromatic carbocycles. The molecule has 21 nitrogen and oxygen atoms in total. The molecule has 2 heterocycles. The zero-order chi connectivity index (χ0) is 56.6. The summed E-state index contributed by atoms with van der Waals surface area (Å²) in [5, 5.41) is 79.8. The molecule has 0 aromatic rings. The molecule has 2 aliphatic heterocycles. The van der Waals surface area contributed by atoms with E-state index in [1.807, 2.05) is 27.7 Å². The topological polar surface area (TPSA) is 310 Å². The first-order valence-corrected chi connectivity index (χ1v) is 26.8. The molecule has 0 amide bonds. The van der Waals surface area contributed by atoms with E-state index in [9.17, 15) is 59.7 Å². The fourth-order valence-electron chi connectivity index (χ4n) is 15.4. The molecule has 0 spiro atoms. The molecule has 6 fully saturated rings. The summed E-state index contributed by atoms with van der Waals surface area (Å²) in [5.41, 5.74) is -5.77. The largest absolute Gasteiger partial charge is 0.469 e. The fraction of sp³-hybridized carbons (Fsp3) is 0.836. The van der Waals surface area contributed by atoms with Gasteiger partial charge >= 0.3 is 29.8 Å². The van der Waals surface area contributed by atoms with Gasteiger partial charge in [0.2, 0.25) is 0 Å². The van der Waals surface area contributed by atoms with Gasteiger partial charge < -0.3 is 78.4 Å². The van der Waals surface area contributed by atoms with Gasteiger partial charge in [-0.25, -0.2) is 9.59 Å². The highest BCUT2D eigenvalue weighted by molar-refractivity contribution is 5.88. The van der Waals surface area contributed by atoms with Crippen LogP contribution >= 0.6 is 0 Å². The summed E-state index contributed by atoms with van der Waals surface area (Å²) < 4.78 is 53.4. The van der Waals surface area contributed by atoms with Crippen molar-refractivity contribution >= 4 is 29.8 Å². The highest BCUT2D eigenvalue weighted by Gasteiger charge is 2.78. The van der Waals surface area contributed by atoms with Gasteiger partial charge in [-0.2, -0.15) is 0 Å². The number of rotatable bonds is 13. The van der Waals surface area contributed by atoms with Crippen LogP contribution in [0.15, 0.2) is 23.3 Å². The first-order valence-electron chi connectivity index (χ1n) is 26.8. The Morgan fingerprint density at radius 1 is 0.803 bits per heavy atom. The second-order valence-corrected chi connectivity index (χ2v) is 24.3. The summed E-state index contributed by atoms with van der Waals surface area (Å²) in [6, 6.07) is 0. The third-order valence-electron chi connectivity index (χ3n) is 20.2. The van der Waals surface area contributed by atoms with Crippen LogP contribution in [-0.4, -0.2) is 179 Å². The maximum atomic E-state index is 14.6. The van der Waals surface area contributed by atoms with Gasteiger partial charge in [0.15, 0.2) is 24.8 Å². The maximum Gasteiger partial charge on any atom is 0.337 e. The van der Waals surface area contributed by atoms with E-state index in [0.29, 0.717) is 37.7 Å². The maximum absolute atomic E-state index is 14.6. The van der Waals surface area contributed by atoms with E-state index in [1.165, 1.54) is 14.0 Å². The third-order valence-corrected chi connectivity index (χ3v) is 20.2. The van der Waals surface area contributed by atoms with Gasteiger partial charge in [0.1, 0.15) is 54.9 Å². The number of hydrogen-bond acceptors (Lipinski definition) is 21. The van der Waals surface area contributed by atoms with Crippen molar-refractivity contribution in [2.45, 2.75) is 207 Å². The van der Waals surface area contributed by atoms with Gasteiger partial charge in [0.05, 0.1) is 50.3 Å². The Kier molecular flexibility index (Phi) is 17.2. The van der Waals surface area contributed by atoms with Crippen LogP contribution < -0.4 is 0 Å². The lowest BCUT2D eigenvalue weighted by Crippen LogP contribution is -2.77. The summed E-state index contributed by atoms with van der Waals surface area (Å²) in [4.78, 5) is 69.0. The van der Waals surface area contributed by atoms with Crippen LogP contribution in [0.3, 0.4) is 0 Å². The van der Waals surface area contributed by atoms with Crippen molar-refractivity contribution in [1.29, 1.82) is 0 Å². The molecule has 4 saturated carbocycles. The van der Waals surface area contributed by atoms with Crippen LogP contribution in [0.5, 0.6) is 0 Å². The Labute approximate surface area is 444 Å². The van der Waals surface area contributed by atoms with Gasteiger partial charge in [0, 0.05) is 23.3 Å². The lowest BCUT2D eigenvalue weighted by Gasteiger charge is -2.73. The molecule has 23 atom stereocenters. The van der Waals surface area contributed by atoms with E-state index in [4.69, 9.17) is 42.6 Å². The van der Waals surface area contributed by atoms with Crippen LogP contribution in [0.2, 0.25) is 0 Å². The zero-order valence-corrected chi connectivity index (χ0v) is 46.3. The number of carbonyl (C=O) groups excluding carboxylic acids is 5. The predicted molar refractivity (Wildman–Crippen MR) is 264 cm³/mol. The Hall–Kier alpha value is -3.61. The van der Waals surface area contributed by atoms with Gasteiger partial charge in [-0.15, -0.1) is 0 Å². The van der Waals surface area contributed by atoms with Crippen molar-refractivity contribution in [2.24, 2.45) is 56.2 Å². The summed E-state index contributed by atoms with van der Waals surface area (Å²) >= 11 is 0. The molecule has 7 N–H and O–H groups in total. The highest BCUT2D eigenvalue weighted by atomic mass is 16.7. The Bertz CT molecular complexity index is 2270. The molecular weight excluding hydrogens is 997 g/mol. The molecule has 21 heteroatoms. The average Bonchev–Trinajstić information content (AvgIpc) is 3.38. The number of fused-ring (bicyclic) bond motifs is 7. The molecule has 0 aromatic heterocycles. The monoisotopic (exact) mass is 1080 g/mol. The minimum atomic E-state index is -1.92. The van der Waals surface area contributed by atoms with Crippen LogP contribution in [0.1, 0.15) is 121 Å². The molecule has 7 rings (SSSR count). The number of aliphatic hydroxyl groups is 7. The Balaban J connectivity index is 1.29. The molecule has 2 saturated heterocycles. The summed E-state index contributed by atoms with van der Waals surface area (Å²) in [6.45, 7) is 18.6. The first kappa shape index (κ1) is 60.0. The number of hydrogen-bond donors (Lipinski definition) is 7. The van der Waals surface area contributed by atoms with Gasteiger partial charge in [-0.3, -0.25) is 14.4 Å². The van der Waals surface area contributed by atoms with E-state index in [1.54, 1.807) is 33.8 Å². The minimum Gasteiger partial charge on any atom is -0.469 e. The standard InChI is InChI=1S/C55H84O21/c1-14-25(3)44(64)75-42-43(76-45(65)26(4)15-2)55(24-56)29(22-50(42,6)7)28-16-17-31-51(8)20-19-33(53(10,49(67)69-13)32(51)18-21-52(31,9)54(28,11)40(63)41(55)71-27(5)57)72-48-37(62)38(36(61)39(74-48)46(66)68-12)73-47-35(60)34(59)30(58)23-70-47/h14,16,26,29-43,47-48,56,58-63H,15,17-24H2,1-13H3/b25-14-/t26?,29-,30-,31+,32+,33-,34-,35+,36-,37+,38-,39-,40-,41+,42-,43-,47-,48+,51+,52+,53-,54-,55-/m0/s1. The van der Waals surface area contributed by atoms with Crippen molar-refractivity contribution in [3.8, 4) is 0 Å². The van der Waals surface area contributed by atoms with Crippen molar-refractivity contribution in [3.63, 3.8) is 0 Å². The molecule has 5 aliphatic carbocycles. The SMILES string of the molecule is C/C=C(/C)C(=O)O[C@H]1[C@H](OC(=O)C(C)CC)[C@]2(CO)[C@H](OC(C)=O)[C@H](O)[C@]3(C)C(=CC[C@@H]4[C@@]5(C)CC[C@H](O[C@@H]6O[C@H](C(=O)OC)[C@@H](O)[C@H](O[C@@H]7OC[C@H](O)[C@H](O)[C@H]7O)[C@H]6O)[C@@](C)(C(=O)OC)[C@@H]5CC[C@]43C)[C@@H]2CC1(C)C. The van der Waals surface area contributed by atoms with E-state index >= 15 is 0 Å². The highest BCUT2D eigenvalue weighted by Crippen LogP contribution is 2.76. The first-order chi connectivity index (χ1) is 35.5. The summed E-state index contributed by atoms with van der Waals surface area (Å²) in [7, 11) is 2.32. The smallest absolute Gasteiger partial charge is 0.337 e. The van der Waals surface area contributed by atoms with E-state index in [2.05, 4.69) is 19.9 Å². The number of carbonyl (C=O) groups is 5. The second-order valence-electron chi connectivity index (χ2n) is 24.3. The summed E-state index contributed by atoms with van der Waals surface area (Å²) in [6.07, 6.45) is -16.3. The van der Waals surface area contributed by atoms with E-state index in [0.717, 1.165) is 12.7 Å². The number of ether oxygens (including phenoxy) is 9. The van der Waals surface area contributed by atoms with Gasteiger partial charge in [-0.05, 0) is 94.3 Å². The fourth-order valence-corrected chi connectivity index (χ4v) is 15.4. The minimum absolute atomic E-state index is 0.162. The zero-order valence-electron chi connectivity index (χ0n) is 46.3. The lowest BCUT2D eigenvalue weighted by molar-refractivity contribution is -0.357. The van der Waals surface area contributed by atoms with Crippen LogP contribution in [0.25, 0.3) is 0 Å². The van der Waals surface area contributed by atoms with E-state index in [-0.39, 0.29) is 18.8 Å². The lowest BCUT2D eigenvalue weighted by atomic mass is 9.32. The number of esters is 5. The molecule has 1 unspecified atom stereocenters. The molecule has 0 bridgehead atoms. The van der Waals surface area contributed by atoms with Crippen LogP contribution in [-0.2, 0) is 66.6 Å². The second kappa shape index (κ2) is 21.8. The molecule has 0 radical (unpaired) electrons. The predicted octanol–water partition coefficient (Wildman–Crippen LogP) is 2.33. The Morgan fingerprint density at radius 2 is 1.47 bits per heavy atom. The number of methoxy groups -OCH3 is 2. The van der Waals surface area contributed by atoms with Crippen molar-refractivity contribution < 1.29 is 102 Å². The van der Waals surface area contributed by atoms with Gasteiger partial charge in [0.25, 0.3) is 0 Å². The normalized spacial score (nSPS) is 46.2. The molecular formula is C55H84O21. The van der Waals surface area contributed by atoms with Crippen molar-refractivity contribution in [1.82, 2.24) is 0 Å². The number of allylic oxidation sites excluding steroid dienone is 2. The quantitative estimate of drug-likeness (QED) is 0.0458. The average molecular weight is 1080 g/mol. The van der Waals surface area contributed by atoms with Crippen molar-refractivity contribution in [3.05, 3.63) is 23.3 Å². The summed E-state index contributed by atoms with van der Waals surface area (Å²) in [5.74, 6) is -5.80. The van der Waals surface area contributed by atoms with Crippen molar-refractivity contribution in [2.75, 3.05) is 27.4 Å². The number of aliphatic hydroxyl groups excluding tert-OH is 7. The van der Waals surface area contributed by atoms with Crippen LogP contribution in [0, 0.1) is 56.2 Å². The Morgan fingerprint density at radius 3 is 2.07 bits per heavy atom. The molecule has 7 aliphatic rings. The van der Waals surface area contributed by atoms with E-state index < -0.39 is 179 Å². The molecule has 430 valence electrons.